The second kappa shape index (κ2) is 4.64. The van der Waals surface area contributed by atoms with Crippen molar-refractivity contribution in [3.05, 3.63) is 11.6 Å². The molecule has 0 spiro atoms. The van der Waals surface area contributed by atoms with Gasteiger partial charge in [0.05, 0.1) is 11.5 Å². The third-order valence-electron chi connectivity index (χ3n) is 3.99. The molecular weight excluding hydrogens is 250 g/mol. The predicted molar refractivity (Wildman–Crippen MR) is 68.2 cm³/mol. The Morgan fingerprint density at radius 1 is 1.11 bits per heavy atom. The SMILES string of the molecule is O=S1(=O)CCC(c2nnc3n2CCCCCC3)C1. The van der Waals surface area contributed by atoms with Crippen LogP contribution >= 0.6 is 0 Å². The van der Waals surface area contributed by atoms with Crippen molar-refractivity contribution in [2.45, 2.75) is 51.0 Å². The number of aryl methyl sites for hydroxylation is 1. The number of hydrogen-bond donors (Lipinski definition) is 0. The van der Waals surface area contributed by atoms with Crippen molar-refractivity contribution in [2.75, 3.05) is 11.5 Å². The number of hydrogen-bond acceptors (Lipinski definition) is 4. The summed E-state index contributed by atoms with van der Waals surface area (Å²) < 4.78 is 25.3. The minimum Gasteiger partial charge on any atom is -0.315 e. The Kier molecular flexibility index (Phi) is 3.13. The van der Waals surface area contributed by atoms with Gasteiger partial charge in [0.1, 0.15) is 11.6 Å². The normalized spacial score (nSPS) is 27.4. The summed E-state index contributed by atoms with van der Waals surface area (Å²) in [5, 5.41) is 8.55. The van der Waals surface area contributed by atoms with Crippen molar-refractivity contribution in [2.24, 2.45) is 0 Å². The van der Waals surface area contributed by atoms with Gasteiger partial charge in [-0.25, -0.2) is 8.42 Å². The van der Waals surface area contributed by atoms with Gasteiger partial charge in [0, 0.05) is 18.9 Å². The summed E-state index contributed by atoms with van der Waals surface area (Å²) in [6, 6.07) is 0. The van der Waals surface area contributed by atoms with E-state index in [0.29, 0.717) is 12.2 Å². The molecule has 5 nitrogen and oxygen atoms in total. The van der Waals surface area contributed by atoms with Crippen LogP contribution in [0, 0.1) is 0 Å². The Labute approximate surface area is 108 Å². The first-order valence-corrected chi connectivity index (χ1v) is 8.60. The maximum Gasteiger partial charge on any atom is 0.151 e. The molecule has 1 fully saturated rings. The molecule has 0 aliphatic carbocycles. The van der Waals surface area contributed by atoms with E-state index in [1.165, 1.54) is 19.3 Å². The average Bonchev–Trinajstić information content (AvgIpc) is 2.82. The van der Waals surface area contributed by atoms with Crippen LogP contribution in [0.5, 0.6) is 0 Å². The highest BCUT2D eigenvalue weighted by Gasteiger charge is 2.33. The Bertz CT molecular complexity index is 536. The molecule has 1 aromatic rings. The van der Waals surface area contributed by atoms with Gasteiger partial charge in [-0.15, -0.1) is 10.2 Å². The zero-order valence-electron chi connectivity index (χ0n) is 10.5. The summed E-state index contributed by atoms with van der Waals surface area (Å²) in [7, 11) is -2.85. The van der Waals surface area contributed by atoms with Gasteiger partial charge in [0.15, 0.2) is 9.84 Å². The lowest BCUT2D eigenvalue weighted by Gasteiger charge is -2.15. The lowest BCUT2D eigenvalue weighted by Crippen LogP contribution is -2.14. The fourth-order valence-corrected chi connectivity index (χ4v) is 4.72. The van der Waals surface area contributed by atoms with E-state index >= 15 is 0 Å². The monoisotopic (exact) mass is 269 g/mol. The highest BCUT2D eigenvalue weighted by molar-refractivity contribution is 7.91. The van der Waals surface area contributed by atoms with Crippen LogP contribution in [0.4, 0.5) is 0 Å². The van der Waals surface area contributed by atoms with Crippen LogP contribution < -0.4 is 0 Å². The minimum absolute atomic E-state index is 0.0654. The Morgan fingerprint density at radius 2 is 1.94 bits per heavy atom. The van der Waals surface area contributed by atoms with E-state index in [4.69, 9.17) is 0 Å². The highest BCUT2D eigenvalue weighted by Crippen LogP contribution is 2.29. The van der Waals surface area contributed by atoms with Crippen LogP contribution in [0.25, 0.3) is 0 Å². The molecule has 0 saturated carbocycles. The van der Waals surface area contributed by atoms with E-state index in [9.17, 15) is 8.42 Å². The van der Waals surface area contributed by atoms with Crippen molar-refractivity contribution in [1.82, 2.24) is 14.8 Å². The van der Waals surface area contributed by atoms with Crippen molar-refractivity contribution in [1.29, 1.82) is 0 Å². The molecule has 0 radical (unpaired) electrons. The first kappa shape index (κ1) is 12.1. The topological polar surface area (TPSA) is 64.8 Å². The third kappa shape index (κ3) is 2.30. The Hall–Kier alpha value is -0.910. The van der Waals surface area contributed by atoms with E-state index in [1.54, 1.807) is 0 Å². The molecule has 0 amide bonds. The van der Waals surface area contributed by atoms with Crippen LogP contribution in [-0.4, -0.2) is 34.7 Å². The summed E-state index contributed by atoms with van der Waals surface area (Å²) in [4.78, 5) is 0. The zero-order chi connectivity index (χ0) is 12.6. The number of rotatable bonds is 1. The summed E-state index contributed by atoms with van der Waals surface area (Å²) in [6.07, 6.45) is 6.52. The summed E-state index contributed by atoms with van der Waals surface area (Å²) in [5.41, 5.74) is 0. The first-order valence-electron chi connectivity index (χ1n) is 6.78. The van der Waals surface area contributed by atoms with Crippen LogP contribution in [0.3, 0.4) is 0 Å². The van der Waals surface area contributed by atoms with Crippen LogP contribution in [0.15, 0.2) is 0 Å². The van der Waals surface area contributed by atoms with Gasteiger partial charge in [0.2, 0.25) is 0 Å². The molecule has 1 saturated heterocycles. The largest absolute Gasteiger partial charge is 0.315 e. The van der Waals surface area contributed by atoms with Gasteiger partial charge in [-0.1, -0.05) is 12.8 Å². The van der Waals surface area contributed by atoms with Crippen molar-refractivity contribution >= 4 is 9.84 Å². The number of sulfone groups is 1. The number of nitrogens with zero attached hydrogens (tertiary/aromatic N) is 3. The minimum atomic E-state index is -2.85. The maximum absolute atomic E-state index is 11.6. The summed E-state index contributed by atoms with van der Waals surface area (Å²) >= 11 is 0. The van der Waals surface area contributed by atoms with Crippen molar-refractivity contribution in [3.63, 3.8) is 0 Å². The number of fused-ring (bicyclic) bond motifs is 1. The first-order chi connectivity index (χ1) is 8.66. The maximum atomic E-state index is 11.6. The summed E-state index contributed by atoms with van der Waals surface area (Å²) in [5.74, 6) is 2.59. The molecule has 3 rings (SSSR count). The molecule has 2 aliphatic heterocycles. The molecule has 1 unspecified atom stereocenters. The molecule has 1 aromatic heterocycles. The molecule has 100 valence electrons. The fraction of sp³-hybridized carbons (Fsp3) is 0.833. The third-order valence-corrected chi connectivity index (χ3v) is 5.75. The Balaban J connectivity index is 1.89. The number of aromatic nitrogens is 3. The molecule has 0 aromatic carbocycles. The average molecular weight is 269 g/mol. The molecular formula is C12H19N3O2S. The van der Waals surface area contributed by atoms with Gasteiger partial charge in [-0.3, -0.25) is 0 Å². The van der Waals surface area contributed by atoms with E-state index in [-0.39, 0.29) is 11.7 Å². The predicted octanol–water partition coefficient (Wildman–Crippen LogP) is 1.30. The van der Waals surface area contributed by atoms with Gasteiger partial charge >= 0.3 is 0 Å². The smallest absolute Gasteiger partial charge is 0.151 e. The van der Waals surface area contributed by atoms with Crippen molar-refractivity contribution in [3.8, 4) is 0 Å². The lowest BCUT2D eigenvalue weighted by molar-refractivity contribution is 0.494. The molecule has 0 bridgehead atoms. The van der Waals surface area contributed by atoms with Crippen LogP contribution in [0.2, 0.25) is 0 Å². The molecule has 2 aliphatic rings. The van der Waals surface area contributed by atoms with Gasteiger partial charge in [0.25, 0.3) is 0 Å². The van der Waals surface area contributed by atoms with E-state index in [2.05, 4.69) is 14.8 Å². The van der Waals surface area contributed by atoms with E-state index in [1.807, 2.05) is 0 Å². The van der Waals surface area contributed by atoms with Crippen molar-refractivity contribution < 1.29 is 8.42 Å². The molecule has 0 N–H and O–H groups in total. The van der Waals surface area contributed by atoms with E-state index in [0.717, 1.165) is 31.0 Å². The molecule has 3 heterocycles. The molecule has 18 heavy (non-hydrogen) atoms. The second-order valence-corrected chi connectivity index (χ2v) is 7.62. The summed E-state index contributed by atoms with van der Waals surface area (Å²) in [6.45, 7) is 0.953. The van der Waals surface area contributed by atoms with Gasteiger partial charge < -0.3 is 4.57 Å². The molecule has 6 heteroatoms. The van der Waals surface area contributed by atoms with Crippen LogP contribution in [0.1, 0.15) is 49.7 Å². The highest BCUT2D eigenvalue weighted by atomic mass is 32.2. The van der Waals surface area contributed by atoms with Crippen LogP contribution in [-0.2, 0) is 22.8 Å². The Morgan fingerprint density at radius 3 is 2.72 bits per heavy atom. The van der Waals surface area contributed by atoms with Gasteiger partial charge in [-0.2, -0.15) is 0 Å². The van der Waals surface area contributed by atoms with E-state index < -0.39 is 9.84 Å². The molecule has 1 atom stereocenters. The zero-order valence-corrected chi connectivity index (χ0v) is 11.3. The second-order valence-electron chi connectivity index (χ2n) is 5.39. The fourth-order valence-electron chi connectivity index (χ4n) is 2.98. The lowest BCUT2D eigenvalue weighted by atomic mass is 10.1. The van der Waals surface area contributed by atoms with Gasteiger partial charge in [-0.05, 0) is 19.3 Å². The quantitative estimate of drug-likeness (QED) is 0.770. The standard InChI is InChI=1S/C12H19N3O2S/c16-18(17)8-6-10(9-18)12-14-13-11-5-3-1-2-4-7-15(11)12/h10H,1-9H2.